The van der Waals surface area contributed by atoms with Crippen LogP contribution in [0.4, 0.5) is 5.82 Å². The van der Waals surface area contributed by atoms with Crippen LogP contribution in [0.15, 0.2) is 12.5 Å². The number of hydrogen-bond donors (Lipinski definition) is 0. The van der Waals surface area contributed by atoms with Crippen molar-refractivity contribution in [3.05, 3.63) is 18.1 Å². The van der Waals surface area contributed by atoms with Gasteiger partial charge in [-0.1, -0.05) is 6.92 Å². The van der Waals surface area contributed by atoms with Gasteiger partial charge in [-0.25, -0.2) is 9.97 Å². The average Bonchev–Trinajstić information content (AvgIpc) is 2.79. The zero-order chi connectivity index (χ0) is 13.1. The molecule has 0 aromatic carbocycles. The Morgan fingerprint density at radius 1 is 1.61 bits per heavy atom. The van der Waals surface area contributed by atoms with Gasteiger partial charge in [0, 0.05) is 13.1 Å². The van der Waals surface area contributed by atoms with Gasteiger partial charge in [0.25, 0.3) is 0 Å². The van der Waals surface area contributed by atoms with Crippen molar-refractivity contribution in [2.45, 2.75) is 6.92 Å². The molecule has 18 heavy (non-hydrogen) atoms. The number of ether oxygens (including phenoxy) is 1. The lowest BCUT2D eigenvalue weighted by Gasteiger charge is -2.17. The Bertz CT molecular complexity index is 497. The molecule has 1 aromatic heterocycles. The summed E-state index contributed by atoms with van der Waals surface area (Å²) >= 11 is 0. The van der Waals surface area contributed by atoms with Crippen LogP contribution in [0.1, 0.15) is 12.5 Å². The molecule has 0 amide bonds. The monoisotopic (exact) mass is 246 g/mol. The summed E-state index contributed by atoms with van der Waals surface area (Å²) in [6.07, 6.45) is 2.89. The van der Waals surface area contributed by atoms with Gasteiger partial charge in [0.15, 0.2) is 0 Å². The minimum Gasteiger partial charge on any atom is -0.469 e. The van der Waals surface area contributed by atoms with Gasteiger partial charge in [-0.3, -0.25) is 4.79 Å². The predicted octanol–water partition coefficient (Wildman–Crippen LogP) is 0.594. The van der Waals surface area contributed by atoms with Gasteiger partial charge in [-0.2, -0.15) is 5.26 Å². The van der Waals surface area contributed by atoms with E-state index in [1.807, 2.05) is 11.8 Å². The molecular weight excluding hydrogens is 232 g/mol. The van der Waals surface area contributed by atoms with Crippen molar-refractivity contribution >= 4 is 11.8 Å². The SMILES string of the molecule is COC(=O)C1CN(c2ncncc2C#N)CC1C. The molecule has 6 nitrogen and oxygen atoms in total. The van der Waals surface area contributed by atoms with Gasteiger partial charge in [0.2, 0.25) is 0 Å². The predicted molar refractivity (Wildman–Crippen MR) is 63.6 cm³/mol. The number of nitriles is 1. The number of anilines is 1. The quantitative estimate of drug-likeness (QED) is 0.711. The molecule has 1 fully saturated rings. The normalized spacial score (nSPS) is 22.6. The van der Waals surface area contributed by atoms with E-state index in [0.717, 1.165) is 0 Å². The first kappa shape index (κ1) is 12.3. The van der Waals surface area contributed by atoms with Crippen molar-refractivity contribution in [2.24, 2.45) is 11.8 Å². The van der Waals surface area contributed by atoms with E-state index in [2.05, 4.69) is 16.0 Å². The third kappa shape index (κ3) is 2.12. The molecule has 2 rings (SSSR count). The Kier molecular flexibility index (Phi) is 3.42. The van der Waals surface area contributed by atoms with Crippen molar-refractivity contribution in [2.75, 3.05) is 25.1 Å². The topological polar surface area (TPSA) is 79.1 Å². The maximum Gasteiger partial charge on any atom is 0.310 e. The molecule has 1 aliphatic heterocycles. The Morgan fingerprint density at radius 2 is 2.39 bits per heavy atom. The van der Waals surface area contributed by atoms with Gasteiger partial charge in [-0.05, 0) is 5.92 Å². The third-order valence-corrected chi connectivity index (χ3v) is 3.23. The molecule has 0 bridgehead atoms. The van der Waals surface area contributed by atoms with E-state index in [1.165, 1.54) is 19.6 Å². The molecule has 1 aromatic rings. The standard InChI is InChI=1S/C12H14N4O2/c1-8-5-16(6-10(8)12(17)18-2)11-9(3-13)4-14-7-15-11/h4,7-8,10H,5-6H2,1-2H3. The maximum atomic E-state index is 11.6. The highest BCUT2D eigenvalue weighted by molar-refractivity contribution is 5.74. The molecule has 0 radical (unpaired) electrons. The van der Waals surface area contributed by atoms with Crippen LogP contribution in [0.3, 0.4) is 0 Å². The van der Waals surface area contributed by atoms with E-state index in [9.17, 15) is 4.79 Å². The zero-order valence-electron chi connectivity index (χ0n) is 10.3. The number of nitrogens with zero attached hydrogens (tertiary/aromatic N) is 4. The molecular formula is C12H14N4O2. The fourth-order valence-electron chi connectivity index (χ4n) is 2.25. The van der Waals surface area contributed by atoms with E-state index in [1.54, 1.807) is 0 Å². The molecule has 1 aliphatic rings. The van der Waals surface area contributed by atoms with E-state index in [-0.39, 0.29) is 17.8 Å². The molecule has 94 valence electrons. The van der Waals surface area contributed by atoms with Crippen LogP contribution in [0, 0.1) is 23.2 Å². The summed E-state index contributed by atoms with van der Waals surface area (Å²) in [5, 5.41) is 9.02. The van der Waals surface area contributed by atoms with Crippen molar-refractivity contribution in [1.29, 1.82) is 5.26 Å². The van der Waals surface area contributed by atoms with Crippen LogP contribution in [-0.4, -0.2) is 36.1 Å². The van der Waals surface area contributed by atoms with Crippen LogP contribution in [-0.2, 0) is 9.53 Å². The molecule has 2 heterocycles. The van der Waals surface area contributed by atoms with Crippen LogP contribution in [0.5, 0.6) is 0 Å². The van der Waals surface area contributed by atoms with Crippen molar-refractivity contribution in [3.8, 4) is 6.07 Å². The number of carbonyl (C=O) groups excluding carboxylic acids is 1. The number of rotatable bonds is 2. The number of esters is 1. The lowest BCUT2D eigenvalue weighted by atomic mass is 9.99. The van der Waals surface area contributed by atoms with E-state index in [4.69, 9.17) is 10.00 Å². The first-order valence-corrected chi connectivity index (χ1v) is 5.70. The largest absolute Gasteiger partial charge is 0.469 e. The highest BCUT2D eigenvalue weighted by Gasteiger charge is 2.36. The minimum absolute atomic E-state index is 0.170. The first-order chi connectivity index (χ1) is 8.67. The minimum atomic E-state index is -0.211. The van der Waals surface area contributed by atoms with Crippen molar-refractivity contribution < 1.29 is 9.53 Å². The van der Waals surface area contributed by atoms with Crippen LogP contribution in [0.2, 0.25) is 0 Å². The smallest absolute Gasteiger partial charge is 0.310 e. The number of methoxy groups -OCH3 is 1. The summed E-state index contributed by atoms with van der Waals surface area (Å²) in [5.41, 5.74) is 0.426. The number of hydrogen-bond acceptors (Lipinski definition) is 6. The molecule has 0 N–H and O–H groups in total. The van der Waals surface area contributed by atoms with Crippen LogP contribution >= 0.6 is 0 Å². The van der Waals surface area contributed by atoms with E-state index >= 15 is 0 Å². The van der Waals surface area contributed by atoms with Crippen molar-refractivity contribution in [3.63, 3.8) is 0 Å². The number of aromatic nitrogens is 2. The Morgan fingerprint density at radius 3 is 3.06 bits per heavy atom. The van der Waals surface area contributed by atoms with Gasteiger partial charge in [-0.15, -0.1) is 0 Å². The van der Waals surface area contributed by atoms with Crippen molar-refractivity contribution in [1.82, 2.24) is 9.97 Å². The van der Waals surface area contributed by atoms with Gasteiger partial charge < -0.3 is 9.64 Å². The lowest BCUT2D eigenvalue weighted by molar-refractivity contribution is -0.145. The average molecular weight is 246 g/mol. The fourth-order valence-corrected chi connectivity index (χ4v) is 2.25. The summed E-state index contributed by atoms with van der Waals surface area (Å²) in [7, 11) is 1.39. The van der Waals surface area contributed by atoms with Crippen LogP contribution in [0.25, 0.3) is 0 Å². The summed E-state index contributed by atoms with van der Waals surface area (Å²) in [5.74, 6) is 0.388. The maximum absolute atomic E-state index is 11.6. The zero-order valence-corrected chi connectivity index (χ0v) is 10.3. The summed E-state index contributed by atoms with van der Waals surface area (Å²) in [6, 6.07) is 2.06. The second-order valence-electron chi connectivity index (χ2n) is 4.38. The Hall–Kier alpha value is -2.16. The van der Waals surface area contributed by atoms with E-state index < -0.39 is 0 Å². The molecule has 2 atom stereocenters. The molecule has 0 saturated carbocycles. The molecule has 6 heteroatoms. The first-order valence-electron chi connectivity index (χ1n) is 5.70. The van der Waals surface area contributed by atoms with Gasteiger partial charge >= 0.3 is 5.97 Å². The van der Waals surface area contributed by atoms with Gasteiger partial charge in [0.1, 0.15) is 23.8 Å². The summed E-state index contributed by atoms with van der Waals surface area (Å²) < 4.78 is 4.78. The highest BCUT2D eigenvalue weighted by atomic mass is 16.5. The summed E-state index contributed by atoms with van der Waals surface area (Å²) in [4.78, 5) is 21.5. The van der Waals surface area contributed by atoms with Gasteiger partial charge in [0.05, 0.1) is 19.2 Å². The third-order valence-electron chi connectivity index (χ3n) is 3.23. The lowest BCUT2D eigenvalue weighted by Crippen LogP contribution is -2.25. The molecule has 0 spiro atoms. The highest BCUT2D eigenvalue weighted by Crippen LogP contribution is 2.28. The second-order valence-corrected chi connectivity index (χ2v) is 4.38. The fraction of sp³-hybridized carbons (Fsp3) is 0.500. The Balaban J connectivity index is 2.22. The molecule has 0 aliphatic carbocycles. The molecule has 1 saturated heterocycles. The van der Waals surface area contributed by atoms with E-state index in [0.29, 0.717) is 24.5 Å². The van der Waals surface area contributed by atoms with Crippen LogP contribution < -0.4 is 4.90 Å². The second kappa shape index (κ2) is 5.00. The summed E-state index contributed by atoms with van der Waals surface area (Å²) in [6.45, 7) is 3.21. The Labute approximate surface area is 105 Å². The molecule has 2 unspecified atom stereocenters. The number of carbonyl (C=O) groups is 1.